The molecule has 0 fully saturated rings. The topological polar surface area (TPSA) is 12.0 Å². The number of hydrogen-bond donors (Lipinski definition) is 1. The molecule has 3 atom stereocenters. The van der Waals surface area contributed by atoms with Gasteiger partial charge >= 0.3 is 0 Å². The molecule has 4 aromatic rings. The second kappa shape index (κ2) is 6.11. The fourth-order valence-corrected chi connectivity index (χ4v) is 5.97. The van der Waals surface area contributed by atoms with E-state index in [1.54, 1.807) is 0 Å². The van der Waals surface area contributed by atoms with Crippen molar-refractivity contribution >= 4 is 28.1 Å². The van der Waals surface area contributed by atoms with Crippen LogP contribution in [-0.4, -0.2) is 0 Å². The van der Waals surface area contributed by atoms with Crippen LogP contribution in [0.3, 0.4) is 0 Å². The molecule has 1 aliphatic carbocycles. The Kier molecular flexibility index (Phi) is 3.61. The molecule has 0 spiro atoms. The van der Waals surface area contributed by atoms with Gasteiger partial charge < -0.3 is 5.32 Å². The Morgan fingerprint density at radius 3 is 2.59 bits per heavy atom. The first kappa shape index (κ1) is 17.1. The number of fused-ring (bicyclic) bond motifs is 6. The smallest absolute Gasteiger partial charge is 0.0563 e. The Hall–Kier alpha value is -2.77. The van der Waals surface area contributed by atoms with Crippen molar-refractivity contribution in [2.75, 3.05) is 5.32 Å². The van der Waals surface area contributed by atoms with Crippen LogP contribution >= 0.6 is 11.6 Å². The summed E-state index contributed by atoms with van der Waals surface area (Å²) in [6.45, 7) is 2.41. The van der Waals surface area contributed by atoms with E-state index in [-0.39, 0.29) is 11.5 Å². The lowest BCUT2D eigenvalue weighted by Gasteiger charge is -2.45. The molecular weight excluding hydrogens is 374 g/mol. The van der Waals surface area contributed by atoms with Crippen LogP contribution in [0.2, 0.25) is 5.02 Å². The molecule has 0 saturated carbocycles. The molecule has 4 aromatic carbocycles. The maximum Gasteiger partial charge on any atom is 0.0563 e. The van der Waals surface area contributed by atoms with Crippen molar-refractivity contribution in [3.05, 3.63) is 112 Å². The van der Waals surface area contributed by atoms with E-state index in [1.807, 2.05) is 6.07 Å². The molecule has 1 nitrogen and oxygen atoms in total. The lowest BCUT2D eigenvalue weighted by molar-refractivity contribution is 0.320. The van der Waals surface area contributed by atoms with Crippen molar-refractivity contribution in [2.45, 2.75) is 24.8 Å². The first-order valence-corrected chi connectivity index (χ1v) is 10.7. The van der Waals surface area contributed by atoms with Gasteiger partial charge in [-0.25, -0.2) is 0 Å². The number of nitrogens with one attached hydrogen (secondary N) is 1. The quantitative estimate of drug-likeness (QED) is 0.361. The van der Waals surface area contributed by atoms with Crippen molar-refractivity contribution in [1.29, 1.82) is 0 Å². The Morgan fingerprint density at radius 2 is 1.66 bits per heavy atom. The second-order valence-electron chi connectivity index (χ2n) is 8.55. The average Bonchev–Trinajstić information content (AvgIpc) is 3.07. The van der Waals surface area contributed by atoms with Gasteiger partial charge in [-0.05, 0) is 57.6 Å². The van der Waals surface area contributed by atoms with E-state index in [0.717, 1.165) is 11.4 Å². The van der Waals surface area contributed by atoms with E-state index < -0.39 is 0 Å². The van der Waals surface area contributed by atoms with Gasteiger partial charge in [0, 0.05) is 22.0 Å². The average molecular weight is 396 g/mol. The summed E-state index contributed by atoms with van der Waals surface area (Å²) in [4.78, 5) is 0. The molecule has 1 heterocycles. The molecule has 2 aliphatic rings. The van der Waals surface area contributed by atoms with Crippen LogP contribution in [0, 0.1) is 5.92 Å². The Balaban J connectivity index is 1.63. The number of anilines is 1. The van der Waals surface area contributed by atoms with Gasteiger partial charge in [-0.3, -0.25) is 0 Å². The summed E-state index contributed by atoms with van der Waals surface area (Å²) in [5.41, 5.74) is 6.73. The number of hydrogen-bond acceptors (Lipinski definition) is 1. The highest BCUT2D eigenvalue weighted by Crippen LogP contribution is 2.58. The summed E-state index contributed by atoms with van der Waals surface area (Å²) in [6.07, 6.45) is 1.07. The van der Waals surface area contributed by atoms with Gasteiger partial charge in [0.2, 0.25) is 0 Å². The summed E-state index contributed by atoms with van der Waals surface area (Å²) >= 11 is 6.46. The van der Waals surface area contributed by atoms with Crippen LogP contribution in [-0.2, 0) is 11.8 Å². The Morgan fingerprint density at radius 1 is 0.862 bits per heavy atom. The third kappa shape index (κ3) is 2.34. The predicted molar refractivity (Wildman–Crippen MR) is 122 cm³/mol. The summed E-state index contributed by atoms with van der Waals surface area (Å²) < 4.78 is 0. The maximum absolute atomic E-state index is 6.46. The van der Waals surface area contributed by atoms with E-state index in [4.69, 9.17) is 11.6 Å². The SMILES string of the molecule is C[C@]12c3ccccc3C[C@H]1[C@@H](c1cccc3ccccc13)Nc1ccc(Cl)cc12. The standard InChI is InChI=1S/C27H22ClN/c1-27-22-12-5-3-8-18(22)15-24(27)26(29-25-14-13-19(28)16-23(25)27)21-11-6-9-17-7-2-4-10-20(17)21/h2-14,16,24,26,29H,15H2,1H3/t24-,26+,27+/m0/s1. The van der Waals surface area contributed by atoms with Crippen LogP contribution in [0.1, 0.15) is 35.2 Å². The minimum Gasteiger partial charge on any atom is -0.378 e. The summed E-state index contributed by atoms with van der Waals surface area (Å²) in [5, 5.41) is 7.34. The van der Waals surface area contributed by atoms with Crippen molar-refractivity contribution in [3.8, 4) is 0 Å². The minimum atomic E-state index is -0.0658. The van der Waals surface area contributed by atoms with Crippen molar-refractivity contribution in [3.63, 3.8) is 0 Å². The van der Waals surface area contributed by atoms with E-state index in [0.29, 0.717) is 5.92 Å². The minimum absolute atomic E-state index is 0.0658. The summed E-state index contributed by atoms with van der Waals surface area (Å²) in [7, 11) is 0. The van der Waals surface area contributed by atoms with Crippen LogP contribution in [0.25, 0.3) is 10.8 Å². The highest BCUT2D eigenvalue weighted by molar-refractivity contribution is 6.30. The van der Waals surface area contributed by atoms with Crippen LogP contribution in [0.5, 0.6) is 0 Å². The van der Waals surface area contributed by atoms with Gasteiger partial charge in [0.25, 0.3) is 0 Å². The van der Waals surface area contributed by atoms with Crippen LogP contribution in [0.4, 0.5) is 5.69 Å². The zero-order chi connectivity index (χ0) is 19.6. The largest absolute Gasteiger partial charge is 0.378 e. The van der Waals surface area contributed by atoms with Gasteiger partial charge in [0.1, 0.15) is 0 Å². The predicted octanol–water partition coefficient (Wildman–Crippen LogP) is 7.14. The van der Waals surface area contributed by atoms with Crippen molar-refractivity contribution in [2.24, 2.45) is 5.92 Å². The third-order valence-electron chi connectivity index (χ3n) is 7.17. The van der Waals surface area contributed by atoms with Crippen molar-refractivity contribution < 1.29 is 0 Å². The van der Waals surface area contributed by atoms with Gasteiger partial charge in [-0.2, -0.15) is 0 Å². The molecule has 0 radical (unpaired) electrons. The molecule has 0 unspecified atom stereocenters. The Labute approximate surface area is 176 Å². The van der Waals surface area contributed by atoms with Gasteiger partial charge in [-0.15, -0.1) is 0 Å². The zero-order valence-corrected chi connectivity index (χ0v) is 17.1. The maximum atomic E-state index is 6.46. The van der Waals surface area contributed by atoms with Crippen LogP contribution in [0.15, 0.2) is 84.9 Å². The fraction of sp³-hybridized carbons (Fsp3) is 0.185. The first-order valence-electron chi connectivity index (χ1n) is 10.3. The molecule has 2 heteroatoms. The lowest BCUT2D eigenvalue weighted by atomic mass is 9.64. The van der Waals surface area contributed by atoms with Gasteiger partial charge in [0.05, 0.1) is 6.04 Å². The molecule has 29 heavy (non-hydrogen) atoms. The fourth-order valence-electron chi connectivity index (χ4n) is 5.80. The number of benzene rings is 4. The summed E-state index contributed by atoms with van der Waals surface area (Å²) in [5.74, 6) is 0.427. The van der Waals surface area contributed by atoms with E-state index in [1.165, 1.54) is 38.7 Å². The highest BCUT2D eigenvalue weighted by Gasteiger charge is 2.51. The second-order valence-corrected chi connectivity index (χ2v) is 8.99. The van der Waals surface area contributed by atoms with Gasteiger partial charge in [0.15, 0.2) is 0 Å². The highest BCUT2D eigenvalue weighted by atomic mass is 35.5. The molecule has 0 aromatic heterocycles. The molecule has 142 valence electrons. The van der Waals surface area contributed by atoms with Gasteiger partial charge in [-0.1, -0.05) is 85.3 Å². The van der Waals surface area contributed by atoms with Crippen molar-refractivity contribution in [1.82, 2.24) is 0 Å². The molecule has 0 amide bonds. The summed E-state index contributed by atoms with van der Waals surface area (Å²) in [6, 6.07) is 30.9. The monoisotopic (exact) mass is 395 g/mol. The first-order chi connectivity index (χ1) is 14.2. The van der Waals surface area contributed by atoms with E-state index in [9.17, 15) is 0 Å². The lowest BCUT2D eigenvalue weighted by Crippen LogP contribution is -2.41. The molecule has 1 N–H and O–H groups in total. The molecule has 1 aliphatic heterocycles. The number of halogens is 1. The third-order valence-corrected chi connectivity index (χ3v) is 7.41. The normalized spacial score (nSPS) is 24.5. The molecular formula is C27H22ClN. The molecule has 0 bridgehead atoms. The number of rotatable bonds is 1. The van der Waals surface area contributed by atoms with Crippen LogP contribution < -0.4 is 5.32 Å². The zero-order valence-electron chi connectivity index (χ0n) is 16.3. The van der Waals surface area contributed by atoms with E-state index >= 15 is 0 Å². The molecule has 0 saturated heterocycles. The van der Waals surface area contributed by atoms with E-state index in [2.05, 4.69) is 91.1 Å². The molecule has 6 rings (SSSR count). The Bertz CT molecular complexity index is 1260.